The molecule has 104 valence electrons. The van der Waals surface area contributed by atoms with Gasteiger partial charge in [-0.25, -0.2) is 0 Å². The first kappa shape index (κ1) is 16.4. The molecule has 1 aromatic rings. The van der Waals surface area contributed by atoms with Gasteiger partial charge in [-0.3, -0.25) is 4.79 Å². The van der Waals surface area contributed by atoms with E-state index in [1.54, 1.807) is 0 Å². The Morgan fingerprint density at radius 1 is 1.37 bits per heavy atom. The van der Waals surface area contributed by atoms with Crippen LogP contribution in [0.3, 0.4) is 0 Å². The summed E-state index contributed by atoms with van der Waals surface area (Å²) in [4.78, 5) is 11.5. The zero-order chi connectivity index (χ0) is 14.4. The summed E-state index contributed by atoms with van der Waals surface area (Å²) >= 11 is 14.1. The minimum atomic E-state index is -0.120. The number of carbonyl (C=O) groups excluding carboxylic acids is 1. The van der Waals surface area contributed by atoms with Gasteiger partial charge in [-0.1, -0.05) is 15.9 Å². The smallest absolute Gasteiger partial charge is 0.226 e. The third-order valence-corrected chi connectivity index (χ3v) is 3.46. The molecule has 0 atom stereocenters. The number of halogens is 2. The van der Waals surface area contributed by atoms with E-state index in [0.29, 0.717) is 23.8 Å². The summed E-state index contributed by atoms with van der Waals surface area (Å²) in [5.41, 5.74) is 3.04. The molecule has 2 N–H and O–H groups in total. The van der Waals surface area contributed by atoms with E-state index in [4.69, 9.17) is 23.8 Å². The van der Waals surface area contributed by atoms with Crippen molar-refractivity contribution in [2.75, 3.05) is 11.2 Å². The second-order valence-electron chi connectivity index (χ2n) is 4.21. The molecule has 0 aliphatic carbocycles. The van der Waals surface area contributed by atoms with Gasteiger partial charge in [0.1, 0.15) is 0 Å². The molecule has 0 heterocycles. The van der Waals surface area contributed by atoms with Crippen LogP contribution >= 0.6 is 39.7 Å². The normalized spacial score (nSPS) is 10.1. The maximum Gasteiger partial charge on any atom is 0.226 e. The monoisotopic (exact) mass is 362 g/mol. The molecule has 0 unspecified atom stereocenters. The SMILES string of the molecule is Cc1cc(Br)cc(C)c1NC(=S)NC(=O)CCCCl. The topological polar surface area (TPSA) is 41.1 Å². The first-order valence-corrected chi connectivity index (χ1v) is 7.61. The van der Waals surface area contributed by atoms with E-state index >= 15 is 0 Å². The molecule has 0 aliphatic heterocycles. The first-order valence-electron chi connectivity index (χ1n) is 5.87. The van der Waals surface area contributed by atoms with Crippen LogP contribution in [-0.2, 0) is 4.79 Å². The van der Waals surface area contributed by atoms with Gasteiger partial charge in [-0.05, 0) is 55.7 Å². The van der Waals surface area contributed by atoms with Crippen LogP contribution in [-0.4, -0.2) is 16.9 Å². The molecule has 0 spiro atoms. The van der Waals surface area contributed by atoms with Crippen molar-refractivity contribution in [3.05, 3.63) is 27.7 Å². The van der Waals surface area contributed by atoms with E-state index in [9.17, 15) is 4.79 Å². The number of amides is 1. The van der Waals surface area contributed by atoms with Crippen molar-refractivity contribution >= 4 is 56.5 Å². The highest BCUT2D eigenvalue weighted by molar-refractivity contribution is 9.10. The van der Waals surface area contributed by atoms with Crippen molar-refractivity contribution in [1.29, 1.82) is 0 Å². The second-order valence-corrected chi connectivity index (χ2v) is 5.91. The molecule has 19 heavy (non-hydrogen) atoms. The first-order chi connectivity index (χ1) is 8.93. The number of rotatable bonds is 4. The number of hydrogen-bond donors (Lipinski definition) is 2. The standard InChI is InChI=1S/C13H16BrClN2OS/c1-8-6-10(14)7-9(2)12(8)17-13(19)16-11(18)4-3-5-15/h6-7H,3-5H2,1-2H3,(H2,16,17,18,19). The summed E-state index contributed by atoms with van der Waals surface area (Å²) in [5, 5.41) is 6.02. The molecule has 6 heteroatoms. The lowest BCUT2D eigenvalue weighted by Gasteiger charge is -2.14. The molecule has 0 aromatic heterocycles. The number of thiocarbonyl (C=S) groups is 1. The van der Waals surface area contributed by atoms with Crippen LogP contribution in [0, 0.1) is 13.8 Å². The van der Waals surface area contributed by atoms with Gasteiger partial charge in [-0.2, -0.15) is 0 Å². The number of aryl methyl sites for hydroxylation is 2. The molecule has 3 nitrogen and oxygen atoms in total. The Hall–Kier alpha value is -0.650. The number of alkyl halides is 1. The number of nitrogens with one attached hydrogen (secondary N) is 2. The maximum atomic E-state index is 11.5. The quantitative estimate of drug-likeness (QED) is 0.630. The molecule has 0 bridgehead atoms. The van der Waals surface area contributed by atoms with Gasteiger partial charge in [0, 0.05) is 22.5 Å². The molecular formula is C13H16BrClN2OS. The summed E-state index contributed by atoms with van der Waals surface area (Å²) in [7, 11) is 0. The Morgan fingerprint density at radius 2 is 1.95 bits per heavy atom. The van der Waals surface area contributed by atoms with Crippen molar-refractivity contribution in [2.45, 2.75) is 26.7 Å². The fourth-order valence-corrected chi connectivity index (χ4v) is 2.71. The molecule has 0 saturated heterocycles. The van der Waals surface area contributed by atoms with Crippen LogP contribution in [0.4, 0.5) is 5.69 Å². The van der Waals surface area contributed by atoms with Gasteiger partial charge >= 0.3 is 0 Å². The number of carbonyl (C=O) groups is 1. The van der Waals surface area contributed by atoms with Crippen LogP contribution < -0.4 is 10.6 Å². The molecule has 1 aromatic carbocycles. The van der Waals surface area contributed by atoms with Crippen LogP contribution in [0.5, 0.6) is 0 Å². The lowest BCUT2D eigenvalue weighted by Crippen LogP contribution is -2.34. The average Bonchev–Trinajstić information content (AvgIpc) is 2.31. The van der Waals surface area contributed by atoms with E-state index in [2.05, 4.69) is 26.6 Å². The Labute approximate surface area is 132 Å². The number of hydrogen-bond acceptors (Lipinski definition) is 2. The van der Waals surface area contributed by atoms with Crippen LogP contribution in [0.15, 0.2) is 16.6 Å². The molecule has 0 saturated carbocycles. The number of anilines is 1. The predicted molar refractivity (Wildman–Crippen MR) is 87.9 cm³/mol. The molecule has 0 fully saturated rings. The Bertz CT molecular complexity index is 471. The van der Waals surface area contributed by atoms with E-state index in [0.717, 1.165) is 21.3 Å². The summed E-state index contributed by atoms with van der Waals surface area (Å²) < 4.78 is 1.02. The van der Waals surface area contributed by atoms with Crippen molar-refractivity contribution in [3.63, 3.8) is 0 Å². The molecule has 0 aliphatic rings. The van der Waals surface area contributed by atoms with Crippen LogP contribution in [0.25, 0.3) is 0 Å². The minimum absolute atomic E-state index is 0.120. The third-order valence-electron chi connectivity index (χ3n) is 2.53. The number of benzene rings is 1. The molecule has 1 amide bonds. The lowest BCUT2D eigenvalue weighted by molar-refractivity contribution is -0.119. The lowest BCUT2D eigenvalue weighted by atomic mass is 10.1. The molecule has 1 rings (SSSR count). The van der Waals surface area contributed by atoms with Gasteiger partial charge in [0.25, 0.3) is 0 Å². The highest BCUT2D eigenvalue weighted by Crippen LogP contribution is 2.24. The zero-order valence-electron chi connectivity index (χ0n) is 10.8. The van der Waals surface area contributed by atoms with E-state index in [1.807, 2.05) is 26.0 Å². The molecular weight excluding hydrogens is 348 g/mol. The third kappa shape index (κ3) is 5.47. The van der Waals surface area contributed by atoms with Gasteiger partial charge in [-0.15, -0.1) is 11.6 Å². The van der Waals surface area contributed by atoms with Crippen LogP contribution in [0.2, 0.25) is 0 Å². The minimum Gasteiger partial charge on any atom is -0.332 e. The van der Waals surface area contributed by atoms with Gasteiger partial charge < -0.3 is 10.6 Å². The van der Waals surface area contributed by atoms with Gasteiger partial charge in [0.2, 0.25) is 5.91 Å². The van der Waals surface area contributed by atoms with Crippen molar-refractivity contribution in [1.82, 2.24) is 5.32 Å². The predicted octanol–water partition coefficient (Wildman–Crippen LogP) is 3.90. The van der Waals surface area contributed by atoms with Gasteiger partial charge in [0.15, 0.2) is 5.11 Å². The van der Waals surface area contributed by atoms with Crippen molar-refractivity contribution < 1.29 is 4.79 Å². The van der Waals surface area contributed by atoms with Crippen molar-refractivity contribution in [2.24, 2.45) is 0 Å². The fraction of sp³-hybridized carbons (Fsp3) is 0.385. The Kier molecular flexibility index (Phi) is 6.75. The van der Waals surface area contributed by atoms with Gasteiger partial charge in [0.05, 0.1) is 0 Å². The Morgan fingerprint density at radius 3 is 2.47 bits per heavy atom. The highest BCUT2D eigenvalue weighted by Gasteiger charge is 2.08. The summed E-state index contributed by atoms with van der Waals surface area (Å²) in [5.74, 6) is 0.351. The zero-order valence-corrected chi connectivity index (χ0v) is 14.0. The average molecular weight is 364 g/mol. The summed E-state index contributed by atoms with van der Waals surface area (Å²) in [6.07, 6.45) is 1.02. The van der Waals surface area contributed by atoms with Crippen LogP contribution in [0.1, 0.15) is 24.0 Å². The maximum absolute atomic E-state index is 11.5. The highest BCUT2D eigenvalue weighted by atomic mass is 79.9. The summed E-state index contributed by atoms with van der Waals surface area (Å²) in [6.45, 7) is 3.97. The molecule has 0 radical (unpaired) electrons. The van der Waals surface area contributed by atoms with E-state index in [1.165, 1.54) is 0 Å². The second kappa shape index (κ2) is 7.82. The van der Waals surface area contributed by atoms with E-state index in [-0.39, 0.29) is 5.91 Å². The fourth-order valence-electron chi connectivity index (χ4n) is 1.67. The summed E-state index contributed by atoms with van der Waals surface area (Å²) in [6, 6.07) is 3.99. The van der Waals surface area contributed by atoms with E-state index < -0.39 is 0 Å². The largest absolute Gasteiger partial charge is 0.332 e. The van der Waals surface area contributed by atoms with Crippen molar-refractivity contribution in [3.8, 4) is 0 Å². The Balaban J connectivity index is 2.65.